The first-order valence-electron chi connectivity index (χ1n) is 8.18. The third-order valence-electron chi connectivity index (χ3n) is 3.22. The lowest BCUT2D eigenvalue weighted by Crippen LogP contribution is -2.13. The van der Waals surface area contributed by atoms with Crippen LogP contribution in [0.25, 0.3) is 0 Å². The minimum Gasteiger partial charge on any atom is -0.466 e. The number of rotatable bonds is 14. The second-order valence-electron chi connectivity index (χ2n) is 5.08. The van der Waals surface area contributed by atoms with Gasteiger partial charge in [0, 0.05) is 19.3 Å². The Hall–Kier alpha value is -0.870. The topological polar surface area (TPSA) is 44.8 Å². The largest absolute Gasteiger partial charge is 0.466 e. The third-order valence-corrected chi connectivity index (χ3v) is 3.22. The molecule has 0 fully saturated rings. The van der Waals surface area contributed by atoms with Crippen LogP contribution in [0.4, 0.5) is 0 Å². The van der Waals surface area contributed by atoms with Crippen LogP contribution in [0.3, 0.4) is 0 Å². The molecule has 0 aliphatic rings. The summed E-state index contributed by atoms with van der Waals surface area (Å²) >= 11 is 0. The smallest absolute Gasteiger partial charge is 0.330 e. The number of carbonyl (C=O) groups is 1. The Labute approximate surface area is 129 Å². The summed E-state index contributed by atoms with van der Waals surface area (Å²) in [6.07, 6.45) is 12.8. The summed E-state index contributed by atoms with van der Waals surface area (Å²) in [5, 5.41) is 0. The van der Waals surface area contributed by atoms with Gasteiger partial charge in [0.2, 0.25) is 0 Å². The van der Waals surface area contributed by atoms with Crippen LogP contribution in [-0.2, 0) is 19.0 Å². The van der Waals surface area contributed by atoms with Crippen LogP contribution in [-0.4, -0.2) is 32.6 Å². The monoisotopic (exact) mass is 300 g/mol. The molecule has 0 aliphatic carbocycles. The van der Waals surface area contributed by atoms with Crippen molar-refractivity contribution in [2.45, 2.75) is 71.5 Å². The summed E-state index contributed by atoms with van der Waals surface area (Å²) in [6.45, 7) is 5.42. The molecule has 0 radical (unpaired) electrons. The fourth-order valence-electron chi connectivity index (χ4n) is 2.03. The van der Waals surface area contributed by atoms with Crippen molar-refractivity contribution >= 4 is 5.97 Å². The second-order valence-corrected chi connectivity index (χ2v) is 5.08. The quantitative estimate of drug-likeness (QED) is 0.208. The van der Waals surface area contributed by atoms with E-state index in [1.165, 1.54) is 45.3 Å². The first-order valence-corrected chi connectivity index (χ1v) is 8.18. The maximum absolute atomic E-state index is 10.8. The molecule has 0 aromatic carbocycles. The van der Waals surface area contributed by atoms with Crippen LogP contribution >= 0.6 is 0 Å². The molecule has 0 N–H and O–H groups in total. The molecule has 124 valence electrons. The molecule has 0 bridgehead atoms. The van der Waals surface area contributed by atoms with Gasteiger partial charge in [-0.05, 0) is 33.1 Å². The third kappa shape index (κ3) is 15.3. The molecule has 4 nitrogen and oxygen atoms in total. The van der Waals surface area contributed by atoms with Crippen molar-refractivity contribution in [3.05, 3.63) is 12.2 Å². The van der Waals surface area contributed by atoms with Gasteiger partial charge in [-0.25, -0.2) is 4.79 Å². The average molecular weight is 300 g/mol. The number of ether oxygens (including phenoxy) is 3. The first-order chi connectivity index (χ1) is 10.2. The van der Waals surface area contributed by atoms with Gasteiger partial charge in [-0.2, -0.15) is 0 Å². The molecule has 1 unspecified atom stereocenters. The van der Waals surface area contributed by atoms with Crippen molar-refractivity contribution in [1.82, 2.24) is 0 Å². The van der Waals surface area contributed by atoms with E-state index in [-0.39, 0.29) is 12.3 Å². The van der Waals surface area contributed by atoms with Crippen molar-refractivity contribution in [3.8, 4) is 0 Å². The summed E-state index contributed by atoms with van der Waals surface area (Å²) < 4.78 is 15.3. The van der Waals surface area contributed by atoms with Crippen molar-refractivity contribution in [1.29, 1.82) is 0 Å². The number of hydrogen-bond donors (Lipinski definition) is 0. The van der Waals surface area contributed by atoms with Crippen LogP contribution in [0, 0.1) is 0 Å². The highest BCUT2D eigenvalue weighted by molar-refractivity contribution is 5.81. The number of hydrogen-bond acceptors (Lipinski definition) is 4. The van der Waals surface area contributed by atoms with Crippen LogP contribution in [0.2, 0.25) is 0 Å². The normalized spacial score (nSPS) is 12.7. The van der Waals surface area contributed by atoms with Crippen LogP contribution < -0.4 is 0 Å². The lowest BCUT2D eigenvalue weighted by Gasteiger charge is -2.12. The summed E-state index contributed by atoms with van der Waals surface area (Å²) in [6, 6.07) is 0. The van der Waals surface area contributed by atoms with Gasteiger partial charge in [0.25, 0.3) is 0 Å². The zero-order valence-corrected chi connectivity index (χ0v) is 13.9. The lowest BCUT2D eigenvalue weighted by atomic mass is 10.1. The Morgan fingerprint density at radius 3 is 2.24 bits per heavy atom. The Balaban J connectivity index is 3.16. The zero-order chi connectivity index (χ0) is 15.8. The molecule has 0 aromatic heterocycles. The van der Waals surface area contributed by atoms with Crippen molar-refractivity contribution < 1.29 is 19.0 Å². The number of carbonyl (C=O) groups excluding carboxylic acids is 1. The minimum absolute atomic E-state index is 0.0759. The van der Waals surface area contributed by atoms with Crippen LogP contribution in [0.5, 0.6) is 0 Å². The minimum atomic E-state index is -0.268. The molecule has 0 heterocycles. The SMILES string of the molecule is CCOC(C)OCCCCCCCCC/C=C/C(=O)OC. The van der Waals surface area contributed by atoms with E-state index in [1.54, 1.807) is 0 Å². The van der Waals surface area contributed by atoms with E-state index in [9.17, 15) is 4.79 Å². The van der Waals surface area contributed by atoms with Gasteiger partial charge >= 0.3 is 5.97 Å². The fraction of sp³-hybridized carbons (Fsp3) is 0.824. The molecule has 0 amide bonds. The van der Waals surface area contributed by atoms with Gasteiger partial charge in [0.1, 0.15) is 0 Å². The predicted molar refractivity (Wildman–Crippen MR) is 85.1 cm³/mol. The van der Waals surface area contributed by atoms with Gasteiger partial charge in [-0.1, -0.05) is 38.2 Å². The number of esters is 1. The van der Waals surface area contributed by atoms with Crippen molar-refractivity contribution in [2.24, 2.45) is 0 Å². The highest BCUT2D eigenvalue weighted by Gasteiger charge is 1.99. The molecule has 0 aliphatic heterocycles. The predicted octanol–water partition coefficient (Wildman–Crippen LogP) is 4.24. The molecule has 0 saturated carbocycles. The molecule has 4 heteroatoms. The number of unbranched alkanes of at least 4 members (excludes halogenated alkanes) is 7. The van der Waals surface area contributed by atoms with E-state index in [0.29, 0.717) is 6.61 Å². The van der Waals surface area contributed by atoms with E-state index < -0.39 is 0 Å². The van der Waals surface area contributed by atoms with Crippen LogP contribution in [0.15, 0.2) is 12.2 Å². The standard InChI is InChI=1S/C17H32O4/c1-4-20-16(2)21-15-13-11-9-7-5-6-8-10-12-14-17(18)19-3/h12,14,16H,4-11,13,15H2,1-3H3/b14-12+. The molecular weight excluding hydrogens is 268 g/mol. The Kier molecular flexibility index (Phi) is 14.9. The Morgan fingerprint density at radius 1 is 1.00 bits per heavy atom. The maximum Gasteiger partial charge on any atom is 0.330 e. The first kappa shape index (κ1) is 20.1. The van der Waals surface area contributed by atoms with E-state index in [4.69, 9.17) is 9.47 Å². The summed E-state index contributed by atoms with van der Waals surface area (Å²) in [5.74, 6) is -0.268. The molecular formula is C17H32O4. The fourth-order valence-corrected chi connectivity index (χ4v) is 2.03. The molecule has 0 aromatic rings. The Morgan fingerprint density at radius 2 is 1.62 bits per heavy atom. The molecule has 21 heavy (non-hydrogen) atoms. The van der Waals surface area contributed by atoms with Crippen molar-refractivity contribution in [3.63, 3.8) is 0 Å². The van der Waals surface area contributed by atoms with Crippen LogP contribution in [0.1, 0.15) is 65.2 Å². The molecule has 1 atom stereocenters. The van der Waals surface area contributed by atoms with Gasteiger partial charge in [-0.15, -0.1) is 0 Å². The van der Waals surface area contributed by atoms with E-state index >= 15 is 0 Å². The number of methoxy groups -OCH3 is 1. The number of allylic oxidation sites excluding steroid dienone is 1. The second kappa shape index (κ2) is 15.5. The van der Waals surface area contributed by atoms with Gasteiger partial charge < -0.3 is 14.2 Å². The highest BCUT2D eigenvalue weighted by Crippen LogP contribution is 2.09. The molecule has 0 rings (SSSR count). The van der Waals surface area contributed by atoms with Gasteiger partial charge in [0.05, 0.1) is 7.11 Å². The van der Waals surface area contributed by atoms with E-state index in [1.807, 2.05) is 19.9 Å². The summed E-state index contributed by atoms with van der Waals surface area (Å²) in [4.78, 5) is 10.8. The van der Waals surface area contributed by atoms with Gasteiger partial charge in [0.15, 0.2) is 6.29 Å². The molecule has 0 spiro atoms. The van der Waals surface area contributed by atoms with Gasteiger partial charge in [-0.3, -0.25) is 0 Å². The zero-order valence-electron chi connectivity index (χ0n) is 13.9. The Bertz CT molecular complexity index is 264. The summed E-state index contributed by atoms with van der Waals surface area (Å²) in [7, 11) is 1.40. The molecule has 0 saturated heterocycles. The lowest BCUT2D eigenvalue weighted by molar-refractivity contribution is -0.134. The highest BCUT2D eigenvalue weighted by atomic mass is 16.7. The maximum atomic E-state index is 10.8. The van der Waals surface area contributed by atoms with E-state index in [2.05, 4.69) is 4.74 Å². The van der Waals surface area contributed by atoms with Crippen molar-refractivity contribution in [2.75, 3.05) is 20.3 Å². The average Bonchev–Trinajstić information content (AvgIpc) is 2.48. The van der Waals surface area contributed by atoms with E-state index in [0.717, 1.165) is 25.9 Å². The summed E-state index contributed by atoms with van der Waals surface area (Å²) in [5.41, 5.74) is 0.